The summed E-state index contributed by atoms with van der Waals surface area (Å²) < 4.78 is 7.18. The van der Waals surface area contributed by atoms with Gasteiger partial charge >= 0.3 is 0 Å². The molecule has 1 fully saturated rings. The van der Waals surface area contributed by atoms with Gasteiger partial charge in [-0.05, 0) is 25.3 Å². The standard InChI is InChI=1S/C16H19N3O2/c1-12-4-6-13(7-5-12)10-19-11-14(9-17-19)18-16(20)15-3-2-8-21-15/h4-7,9,11,15H,2-3,8,10H2,1H3,(H,18,20)/t15-/m1/s1. The Labute approximate surface area is 123 Å². The Kier molecular flexibility index (Phi) is 4.01. The molecule has 1 saturated heterocycles. The second-order valence-electron chi connectivity index (χ2n) is 5.40. The molecule has 5 heteroatoms. The Morgan fingerprint density at radius 3 is 2.95 bits per heavy atom. The van der Waals surface area contributed by atoms with Gasteiger partial charge in [0.1, 0.15) is 6.10 Å². The van der Waals surface area contributed by atoms with Crippen LogP contribution < -0.4 is 5.32 Å². The number of benzene rings is 1. The van der Waals surface area contributed by atoms with Gasteiger partial charge in [0, 0.05) is 12.8 Å². The Bertz CT molecular complexity index is 613. The number of nitrogens with one attached hydrogen (secondary N) is 1. The lowest BCUT2D eigenvalue weighted by molar-refractivity contribution is -0.124. The summed E-state index contributed by atoms with van der Waals surface area (Å²) in [5, 5.41) is 7.13. The highest BCUT2D eigenvalue weighted by atomic mass is 16.5. The second kappa shape index (κ2) is 6.10. The van der Waals surface area contributed by atoms with Gasteiger partial charge in [-0.15, -0.1) is 0 Å². The zero-order valence-corrected chi connectivity index (χ0v) is 12.1. The molecule has 1 aliphatic heterocycles. The van der Waals surface area contributed by atoms with Crippen LogP contribution in [0, 0.1) is 6.92 Å². The quantitative estimate of drug-likeness (QED) is 0.938. The van der Waals surface area contributed by atoms with E-state index in [0.717, 1.165) is 12.8 Å². The molecule has 1 aliphatic rings. The maximum absolute atomic E-state index is 11.9. The molecule has 21 heavy (non-hydrogen) atoms. The topological polar surface area (TPSA) is 56.2 Å². The van der Waals surface area contributed by atoms with E-state index < -0.39 is 0 Å². The van der Waals surface area contributed by atoms with Gasteiger partial charge in [0.05, 0.1) is 18.4 Å². The van der Waals surface area contributed by atoms with E-state index in [1.54, 1.807) is 6.20 Å². The summed E-state index contributed by atoms with van der Waals surface area (Å²) in [5.74, 6) is -0.0811. The first kappa shape index (κ1) is 13.8. The van der Waals surface area contributed by atoms with Crippen molar-refractivity contribution in [3.05, 3.63) is 47.8 Å². The Morgan fingerprint density at radius 2 is 2.24 bits per heavy atom. The number of carbonyl (C=O) groups is 1. The van der Waals surface area contributed by atoms with Crippen LogP contribution in [-0.2, 0) is 16.1 Å². The Hall–Kier alpha value is -2.14. The summed E-state index contributed by atoms with van der Waals surface area (Å²) in [6.07, 6.45) is 4.94. The minimum absolute atomic E-state index is 0.0811. The predicted octanol–water partition coefficient (Wildman–Crippen LogP) is 2.36. The van der Waals surface area contributed by atoms with Crippen LogP contribution in [0.2, 0.25) is 0 Å². The van der Waals surface area contributed by atoms with Crippen molar-refractivity contribution in [1.82, 2.24) is 9.78 Å². The highest BCUT2D eigenvalue weighted by Gasteiger charge is 2.23. The van der Waals surface area contributed by atoms with Crippen LogP contribution in [0.4, 0.5) is 5.69 Å². The van der Waals surface area contributed by atoms with Gasteiger partial charge < -0.3 is 10.1 Å². The minimum Gasteiger partial charge on any atom is -0.368 e. The largest absolute Gasteiger partial charge is 0.368 e. The maximum Gasteiger partial charge on any atom is 0.253 e. The molecule has 1 aromatic carbocycles. The third-order valence-corrected chi connectivity index (χ3v) is 3.59. The first-order chi connectivity index (χ1) is 10.2. The molecule has 0 radical (unpaired) electrons. The lowest BCUT2D eigenvalue weighted by Gasteiger charge is -2.08. The van der Waals surface area contributed by atoms with Crippen LogP contribution in [0.3, 0.4) is 0 Å². The van der Waals surface area contributed by atoms with Crippen molar-refractivity contribution in [2.45, 2.75) is 32.4 Å². The number of carbonyl (C=O) groups excluding carboxylic acids is 1. The van der Waals surface area contributed by atoms with Gasteiger partial charge in [0.25, 0.3) is 5.91 Å². The van der Waals surface area contributed by atoms with Crippen LogP contribution in [0.15, 0.2) is 36.7 Å². The lowest BCUT2D eigenvalue weighted by Crippen LogP contribution is -2.26. The smallest absolute Gasteiger partial charge is 0.253 e. The molecule has 1 aromatic heterocycles. The molecule has 0 saturated carbocycles. The van der Waals surface area contributed by atoms with Crippen molar-refractivity contribution in [1.29, 1.82) is 0 Å². The molecule has 5 nitrogen and oxygen atoms in total. The molecular weight excluding hydrogens is 266 g/mol. The number of aryl methyl sites for hydroxylation is 1. The van der Waals surface area contributed by atoms with Crippen molar-refractivity contribution in [2.24, 2.45) is 0 Å². The van der Waals surface area contributed by atoms with Gasteiger partial charge in [0.2, 0.25) is 0 Å². The van der Waals surface area contributed by atoms with Crippen molar-refractivity contribution >= 4 is 11.6 Å². The third kappa shape index (κ3) is 3.49. The van der Waals surface area contributed by atoms with Crippen LogP contribution >= 0.6 is 0 Å². The fourth-order valence-corrected chi connectivity index (χ4v) is 2.40. The Balaban J connectivity index is 1.60. The molecular formula is C16H19N3O2. The van der Waals surface area contributed by atoms with E-state index in [-0.39, 0.29) is 12.0 Å². The first-order valence-electron chi connectivity index (χ1n) is 7.21. The summed E-state index contributed by atoms with van der Waals surface area (Å²) in [7, 11) is 0. The zero-order valence-electron chi connectivity index (χ0n) is 12.1. The van der Waals surface area contributed by atoms with E-state index in [0.29, 0.717) is 18.8 Å². The maximum atomic E-state index is 11.9. The highest BCUT2D eigenvalue weighted by Crippen LogP contribution is 2.15. The van der Waals surface area contributed by atoms with Gasteiger partial charge in [-0.1, -0.05) is 29.8 Å². The second-order valence-corrected chi connectivity index (χ2v) is 5.40. The number of hydrogen-bond donors (Lipinski definition) is 1. The molecule has 2 aromatic rings. The van der Waals surface area contributed by atoms with Crippen LogP contribution in [0.5, 0.6) is 0 Å². The fraction of sp³-hybridized carbons (Fsp3) is 0.375. The monoisotopic (exact) mass is 285 g/mol. The minimum atomic E-state index is -0.314. The van der Waals surface area contributed by atoms with Crippen molar-refractivity contribution in [3.63, 3.8) is 0 Å². The number of anilines is 1. The number of hydrogen-bond acceptors (Lipinski definition) is 3. The molecule has 0 aliphatic carbocycles. The summed E-state index contributed by atoms with van der Waals surface area (Å²) in [5.41, 5.74) is 3.13. The van der Waals surface area contributed by atoms with Gasteiger partial charge in [-0.3, -0.25) is 9.48 Å². The molecule has 1 atom stereocenters. The predicted molar refractivity (Wildman–Crippen MR) is 80.1 cm³/mol. The van der Waals surface area contributed by atoms with E-state index in [1.165, 1.54) is 11.1 Å². The number of nitrogens with zero attached hydrogens (tertiary/aromatic N) is 2. The van der Waals surface area contributed by atoms with Crippen molar-refractivity contribution < 1.29 is 9.53 Å². The molecule has 0 unspecified atom stereocenters. The summed E-state index contributed by atoms with van der Waals surface area (Å²) in [6, 6.07) is 8.33. The molecule has 0 bridgehead atoms. The van der Waals surface area contributed by atoms with E-state index in [4.69, 9.17) is 4.74 Å². The number of ether oxygens (including phenoxy) is 1. The van der Waals surface area contributed by atoms with Gasteiger partial charge in [-0.2, -0.15) is 5.10 Å². The molecule has 0 spiro atoms. The number of amides is 1. The molecule has 1 N–H and O–H groups in total. The van der Waals surface area contributed by atoms with Crippen LogP contribution in [0.25, 0.3) is 0 Å². The van der Waals surface area contributed by atoms with Gasteiger partial charge in [0.15, 0.2) is 0 Å². The van der Waals surface area contributed by atoms with E-state index in [2.05, 4.69) is 41.6 Å². The average molecular weight is 285 g/mol. The molecule has 110 valence electrons. The summed E-state index contributed by atoms with van der Waals surface area (Å²) in [6.45, 7) is 3.43. The summed E-state index contributed by atoms with van der Waals surface area (Å²) >= 11 is 0. The SMILES string of the molecule is Cc1ccc(Cn2cc(NC(=O)[C@H]3CCCO3)cn2)cc1. The van der Waals surface area contributed by atoms with E-state index in [9.17, 15) is 4.79 Å². The van der Waals surface area contributed by atoms with E-state index >= 15 is 0 Å². The summed E-state index contributed by atoms with van der Waals surface area (Å²) in [4.78, 5) is 11.9. The Morgan fingerprint density at radius 1 is 1.43 bits per heavy atom. The fourth-order valence-electron chi connectivity index (χ4n) is 2.40. The number of aromatic nitrogens is 2. The van der Waals surface area contributed by atoms with Crippen molar-refractivity contribution in [2.75, 3.05) is 11.9 Å². The van der Waals surface area contributed by atoms with Crippen molar-refractivity contribution in [3.8, 4) is 0 Å². The van der Waals surface area contributed by atoms with Crippen LogP contribution in [0.1, 0.15) is 24.0 Å². The molecule has 2 heterocycles. The normalized spacial score (nSPS) is 17.9. The molecule has 1 amide bonds. The highest BCUT2D eigenvalue weighted by molar-refractivity contribution is 5.94. The lowest BCUT2D eigenvalue weighted by atomic mass is 10.1. The zero-order chi connectivity index (χ0) is 14.7. The van der Waals surface area contributed by atoms with Gasteiger partial charge in [-0.25, -0.2) is 0 Å². The average Bonchev–Trinajstić information content (AvgIpc) is 3.13. The van der Waals surface area contributed by atoms with Crippen LogP contribution in [-0.4, -0.2) is 28.4 Å². The number of rotatable bonds is 4. The first-order valence-corrected chi connectivity index (χ1v) is 7.21. The molecule has 3 rings (SSSR count). The van der Waals surface area contributed by atoms with E-state index in [1.807, 2.05) is 10.9 Å². The third-order valence-electron chi connectivity index (χ3n) is 3.59.